The van der Waals surface area contributed by atoms with Gasteiger partial charge in [-0.25, -0.2) is 4.79 Å². The van der Waals surface area contributed by atoms with Crippen molar-refractivity contribution in [2.45, 2.75) is 26.2 Å². The largest absolute Gasteiger partial charge is 0.444 e. The summed E-state index contributed by atoms with van der Waals surface area (Å²) in [5.74, 6) is 0. The van der Waals surface area contributed by atoms with E-state index in [-0.39, 0.29) is 6.10 Å². The van der Waals surface area contributed by atoms with Crippen LogP contribution in [0.4, 0.5) is 4.79 Å². The fourth-order valence-corrected chi connectivity index (χ4v) is 0.934. The van der Waals surface area contributed by atoms with Gasteiger partial charge in [-0.2, -0.15) is 0 Å². The standard InChI is InChI=1S/C6H11NO3/c1-4-3-7(5(2)8)6(9)10-4/h4-5,8H,3H2,1-2H3. The molecule has 1 fully saturated rings. The molecular formula is C6H11NO3. The Morgan fingerprint density at radius 1 is 1.90 bits per heavy atom. The predicted molar refractivity (Wildman–Crippen MR) is 34.3 cm³/mol. The minimum atomic E-state index is -0.738. The number of carbonyl (C=O) groups is 1. The minimum Gasteiger partial charge on any atom is -0.444 e. The van der Waals surface area contributed by atoms with Gasteiger partial charge in [-0.05, 0) is 13.8 Å². The van der Waals surface area contributed by atoms with Crippen molar-refractivity contribution in [3.63, 3.8) is 0 Å². The van der Waals surface area contributed by atoms with E-state index in [0.717, 1.165) is 0 Å². The minimum absolute atomic E-state index is 0.0953. The molecule has 10 heavy (non-hydrogen) atoms. The van der Waals surface area contributed by atoms with E-state index in [2.05, 4.69) is 0 Å². The molecule has 0 aromatic rings. The molecule has 0 spiro atoms. The third-order valence-corrected chi connectivity index (χ3v) is 1.44. The summed E-state index contributed by atoms with van der Waals surface area (Å²) in [6, 6.07) is 0. The van der Waals surface area contributed by atoms with E-state index in [4.69, 9.17) is 9.84 Å². The lowest BCUT2D eigenvalue weighted by atomic mass is 10.4. The first kappa shape index (κ1) is 7.34. The Labute approximate surface area is 59.4 Å². The van der Waals surface area contributed by atoms with Gasteiger partial charge >= 0.3 is 6.09 Å². The molecule has 1 rings (SSSR count). The van der Waals surface area contributed by atoms with E-state index in [9.17, 15) is 4.79 Å². The van der Waals surface area contributed by atoms with Crippen LogP contribution in [-0.2, 0) is 4.74 Å². The van der Waals surface area contributed by atoms with Gasteiger partial charge in [0, 0.05) is 0 Å². The molecule has 1 heterocycles. The van der Waals surface area contributed by atoms with E-state index in [0.29, 0.717) is 6.54 Å². The summed E-state index contributed by atoms with van der Waals surface area (Å²) in [5, 5.41) is 8.97. The van der Waals surface area contributed by atoms with Crippen LogP contribution >= 0.6 is 0 Å². The van der Waals surface area contributed by atoms with Crippen molar-refractivity contribution in [1.29, 1.82) is 0 Å². The second-order valence-corrected chi connectivity index (χ2v) is 2.48. The molecule has 58 valence electrons. The number of hydrogen-bond donors (Lipinski definition) is 1. The lowest BCUT2D eigenvalue weighted by molar-refractivity contribution is 0.0519. The normalized spacial score (nSPS) is 28.5. The molecular weight excluding hydrogens is 134 g/mol. The van der Waals surface area contributed by atoms with Crippen molar-refractivity contribution in [3.8, 4) is 0 Å². The van der Waals surface area contributed by atoms with Crippen LogP contribution in [0.5, 0.6) is 0 Å². The first-order valence-corrected chi connectivity index (χ1v) is 3.26. The summed E-state index contributed by atoms with van der Waals surface area (Å²) in [4.78, 5) is 12.1. The summed E-state index contributed by atoms with van der Waals surface area (Å²) in [6.07, 6.45) is -1.26. The smallest absolute Gasteiger partial charge is 0.412 e. The van der Waals surface area contributed by atoms with Gasteiger partial charge in [0.25, 0.3) is 0 Å². The maximum absolute atomic E-state index is 10.8. The van der Waals surface area contributed by atoms with Crippen LogP contribution in [0.2, 0.25) is 0 Å². The summed E-state index contributed by atoms with van der Waals surface area (Å²) in [6.45, 7) is 3.82. The van der Waals surface area contributed by atoms with Crippen molar-refractivity contribution in [3.05, 3.63) is 0 Å². The van der Waals surface area contributed by atoms with E-state index < -0.39 is 12.3 Å². The van der Waals surface area contributed by atoms with Crippen molar-refractivity contribution in [2.75, 3.05) is 6.54 Å². The molecule has 0 bridgehead atoms. The Hall–Kier alpha value is -0.770. The Morgan fingerprint density at radius 3 is 2.70 bits per heavy atom. The highest BCUT2D eigenvalue weighted by Gasteiger charge is 2.30. The number of aliphatic hydroxyl groups is 1. The van der Waals surface area contributed by atoms with Gasteiger partial charge in [-0.15, -0.1) is 0 Å². The summed E-state index contributed by atoms with van der Waals surface area (Å²) < 4.78 is 4.76. The maximum Gasteiger partial charge on any atom is 0.412 e. The van der Waals surface area contributed by atoms with Gasteiger partial charge in [-0.1, -0.05) is 0 Å². The van der Waals surface area contributed by atoms with E-state index in [1.807, 2.05) is 0 Å². The average molecular weight is 145 g/mol. The van der Waals surface area contributed by atoms with E-state index >= 15 is 0 Å². The van der Waals surface area contributed by atoms with Crippen molar-refractivity contribution in [1.82, 2.24) is 4.90 Å². The van der Waals surface area contributed by atoms with Crippen LogP contribution < -0.4 is 0 Å². The average Bonchev–Trinajstić information content (AvgIpc) is 2.10. The van der Waals surface area contributed by atoms with Crippen LogP contribution in [0.25, 0.3) is 0 Å². The third-order valence-electron chi connectivity index (χ3n) is 1.44. The number of aliphatic hydroxyl groups excluding tert-OH is 1. The first-order chi connectivity index (χ1) is 4.61. The molecule has 1 amide bonds. The molecule has 0 aromatic heterocycles. The topological polar surface area (TPSA) is 49.8 Å². The predicted octanol–water partition coefficient (Wildman–Crippen LogP) is 0.165. The Morgan fingerprint density at radius 2 is 2.50 bits per heavy atom. The van der Waals surface area contributed by atoms with Crippen LogP contribution in [-0.4, -0.2) is 35.0 Å². The number of carbonyl (C=O) groups excluding carboxylic acids is 1. The second kappa shape index (κ2) is 2.46. The third kappa shape index (κ3) is 1.21. The number of nitrogens with zero attached hydrogens (tertiary/aromatic N) is 1. The Kier molecular flexibility index (Phi) is 1.80. The number of ether oxygens (including phenoxy) is 1. The van der Waals surface area contributed by atoms with Gasteiger partial charge in [0.1, 0.15) is 12.3 Å². The molecule has 0 aliphatic carbocycles. The summed E-state index contributed by atoms with van der Waals surface area (Å²) in [7, 11) is 0. The van der Waals surface area contributed by atoms with Crippen molar-refractivity contribution >= 4 is 6.09 Å². The van der Waals surface area contributed by atoms with Gasteiger partial charge in [-0.3, -0.25) is 4.90 Å². The van der Waals surface area contributed by atoms with E-state index in [1.54, 1.807) is 13.8 Å². The highest BCUT2D eigenvalue weighted by molar-refractivity contribution is 5.69. The zero-order chi connectivity index (χ0) is 7.72. The van der Waals surface area contributed by atoms with Crippen LogP contribution in [0.1, 0.15) is 13.8 Å². The highest BCUT2D eigenvalue weighted by atomic mass is 16.6. The lowest BCUT2D eigenvalue weighted by Gasteiger charge is -2.14. The zero-order valence-corrected chi connectivity index (χ0v) is 6.07. The molecule has 1 aliphatic rings. The summed E-state index contributed by atoms with van der Waals surface area (Å²) >= 11 is 0. The number of cyclic esters (lactones) is 1. The molecule has 1 saturated heterocycles. The van der Waals surface area contributed by atoms with Crippen LogP contribution in [0.3, 0.4) is 0 Å². The molecule has 1 aliphatic heterocycles. The number of amides is 1. The fourth-order valence-electron chi connectivity index (χ4n) is 0.934. The van der Waals surface area contributed by atoms with Crippen LogP contribution in [0.15, 0.2) is 0 Å². The van der Waals surface area contributed by atoms with Gasteiger partial charge < -0.3 is 9.84 Å². The maximum atomic E-state index is 10.8. The quantitative estimate of drug-likeness (QED) is 0.572. The van der Waals surface area contributed by atoms with Gasteiger partial charge in [0.15, 0.2) is 0 Å². The zero-order valence-electron chi connectivity index (χ0n) is 6.07. The molecule has 2 unspecified atom stereocenters. The van der Waals surface area contributed by atoms with Crippen molar-refractivity contribution in [2.24, 2.45) is 0 Å². The monoisotopic (exact) mass is 145 g/mol. The molecule has 4 heteroatoms. The van der Waals surface area contributed by atoms with E-state index in [1.165, 1.54) is 4.90 Å². The lowest BCUT2D eigenvalue weighted by Crippen LogP contribution is -2.33. The molecule has 0 radical (unpaired) electrons. The van der Waals surface area contributed by atoms with Gasteiger partial charge in [0.05, 0.1) is 6.54 Å². The Balaban J connectivity index is 2.55. The fraction of sp³-hybridized carbons (Fsp3) is 0.833. The number of rotatable bonds is 1. The summed E-state index contributed by atoms with van der Waals surface area (Å²) in [5.41, 5.74) is 0. The Bertz CT molecular complexity index is 146. The van der Waals surface area contributed by atoms with Crippen LogP contribution in [0, 0.1) is 0 Å². The molecule has 0 aromatic carbocycles. The molecule has 4 nitrogen and oxygen atoms in total. The van der Waals surface area contributed by atoms with Gasteiger partial charge in [0.2, 0.25) is 0 Å². The van der Waals surface area contributed by atoms with Crippen molar-refractivity contribution < 1.29 is 14.6 Å². The molecule has 0 saturated carbocycles. The first-order valence-electron chi connectivity index (χ1n) is 3.26. The number of hydrogen-bond acceptors (Lipinski definition) is 3. The SMILES string of the molecule is CC1CN(C(C)O)C(=O)O1. The second-order valence-electron chi connectivity index (χ2n) is 2.48. The molecule has 1 N–H and O–H groups in total. The molecule has 2 atom stereocenters. The highest BCUT2D eigenvalue weighted by Crippen LogP contribution is 2.11.